The molecule has 1 atom stereocenters. The van der Waals surface area contributed by atoms with Crippen molar-refractivity contribution in [3.63, 3.8) is 0 Å². The highest BCUT2D eigenvalue weighted by molar-refractivity contribution is 9.10. The summed E-state index contributed by atoms with van der Waals surface area (Å²) in [4.78, 5) is 4.49. The minimum absolute atomic E-state index is 0.0487. The number of hydrogen-bond donors (Lipinski definition) is 1. The van der Waals surface area contributed by atoms with Gasteiger partial charge < -0.3 is 5.32 Å². The molecule has 0 amide bonds. The maximum absolute atomic E-state index is 6.06. The van der Waals surface area contributed by atoms with E-state index < -0.39 is 0 Å². The van der Waals surface area contributed by atoms with Gasteiger partial charge in [-0.2, -0.15) is 0 Å². The summed E-state index contributed by atoms with van der Waals surface area (Å²) in [5.74, 6) is 0. The van der Waals surface area contributed by atoms with Crippen LogP contribution in [0.5, 0.6) is 0 Å². The van der Waals surface area contributed by atoms with Crippen molar-refractivity contribution in [1.29, 1.82) is 0 Å². The van der Waals surface area contributed by atoms with Crippen molar-refractivity contribution in [2.45, 2.75) is 6.04 Å². The van der Waals surface area contributed by atoms with E-state index >= 15 is 0 Å². The molecule has 2 aromatic carbocycles. The van der Waals surface area contributed by atoms with E-state index in [0.29, 0.717) is 5.29 Å². The maximum atomic E-state index is 6.06. The van der Waals surface area contributed by atoms with E-state index in [4.69, 9.17) is 11.6 Å². The average Bonchev–Trinajstić information content (AvgIpc) is 2.39. The predicted octanol–water partition coefficient (Wildman–Crippen LogP) is 4.56. The Labute approximate surface area is 119 Å². The first-order chi connectivity index (χ1) is 8.74. The molecule has 1 aliphatic rings. The van der Waals surface area contributed by atoms with Gasteiger partial charge in [-0.05, 0) is 35.4 Å². The van der Waals surface area contributed by atoms with Gasteiger partial charge in [-0.25, -0.2) is 4.99 Å². The lowest BCUT2D eigenvalue weighted by atomic mass is 9.97. The van der Waals surface area contributed by atoms with Crippen molar-refractivity contribution in [3.05, 3.63) is 64.1 Å². The lowest BCUT2D eigenvalue weighted by molar-refractivity contribution is 0.867. The molecule has 90 valence electrons. The van der Waals surface area contributed by atoms with E-state index in [0.717, 1.165) is 21.3 Å². The highest BCUT2D eigenvalue weighted by Gasteiger charge is 2.22. The van der Waals surface area contributed by atoms with Gasteiger partial charge in [0.1, 0.15) is 6.04 Å². The Morgan fingerprint density at radius 3 is 2.67 bits per heavy atom. The summed E-state index contributed by atoms with van der Waals surface area (Å²) in [6, 6.07) is 16.2. The van der Waals surface area contributed by atoms with E-state index in [1.165, 1.54) is 0 Å². The molecule has 4 heteroatoms. The van der Waals surface area contributed by atoms with Crippen molar-refractivity contribution in [2.24, 2.45) is 4.99 Å². The average molecular weight is 322 g/mol. The van der Waals surface area contributed by atoms with Crippen LogP contribution in [0.2, 0.25) is 0 Å². The Morgan fingerprint density at radius 2 is 1.89 bits per heavy atom. The van der Waals surface area contributed by atoms with Gasteiger partial charge in [0.2, 0.25) is 0 Å². The molecule has 18 heavy (non-hydrogen) atoms. The summed E-state index contributed by atoms with van der Waals surface area (Å²) in [5.41, 5.74) is 3.27. The molecule has 0 aromatic heterocycles. The summed E-state index contributed by atoms with van der Waals surface area (Å²) in [5, 5.41) is 3.51. The number of halogens is 2. The van der Waals surface area contributed by atoms with Crippen LogP contribution >= 0.6 is 27.5 Å². The second kappa shape index (κ2) is 4.75. The van der Waals surface area contributed by atoms with Gasteiger partial charge in [-0.15, -0.1) is 0 Å². The molecule has 3 rings (SSSR count). The van der Waals surface area contributed by atoms with E-state index in [1.807, 2.05) is 30.3 Å². The number of benzene rings is 2. The molecule has 0 saturated carbocycles. The van der Waals surface area contributed by atoms with Crippen LogP contribution in [0, 0.1) is 0 Å². The first kappa shape index (κ1) is 11.8. The van der Waals surface area contributed by atoms with Crippen molar-refractivity contribution in [3.8, 4) is 0 Å². The minimum Gasteiger partial charge on any atom is -0.330 e. The SMILES string of the molecule is ClC1=NC(c2ccccc2)c2cc(Br)ccc2N1. The monoisotopic (exact) mass is 320 g/mol. The molecule has 1 N–H and O–H groups in total. The van der Waals surface area contributed by atoms with Crippen LogP contribution in [-0.2, 0) is 0 Å². The lowest BCUT2D eigenvalue weighted by Crippen LogP contribution is -2.16. The van der Waals surface area contributed by atoms with Crippen LogP contribution < -0.4 is 5.32 Å². The zero-order valence-corrected chi connectivity index (χ0v) is 11.7. The van der Waals surface area contributed by atoms with Gasteiger partial charge in [-0.3, -0.25) is 0 Å². The molecule has 0 aliphatic carbocycles. The Hall–Kier alpha value is -1.32. The topological polar surface area (TPSA) is 24.4 Å². The van der Waals surface area contributed by atoms with Crippen LogP contribution in [0.15, 0.2) is 58.0 Å². The third-order valence-corrected chi connectivity index (χ3v) is 3.59. The molecule has 1 unspecified atom stereocenters. The quantitative estimate of drug-likeness (QED) is 0.765. The van der Waals surface area contributed by atoms with E-state index in [1.54, 1.807) is 0 Å². The van der Waals surface area contributed by atoms with Gasteiger partial charge in [-0.1, -0.05) is 46.3 Å². The van der Waals surface area contributed by atoms with E-state index in [2.05, 4.69) is 44.4 Å². The van der Waals surface area contributed by atoms with Gasteiger partial charge >= 0.3 is 0 Å². The summed E-state index contributed by atoms with van der Waals surface area (Å²) >= 11 is 9.55. The molecular formula is C14H10BrClN2. The zero-order valence-electron chi connectivity index (χ0n) is 9.40. The number of hydrogen-bond acceptors (Lipinski definition) is 2. The molecule has 0 radical (unpaired) electrons. The lowest BCUT2D eigenvalue weighted by Gasteiger charge is -2.23. The zero-order chi connectivity index (χ0) is 12.5. The summed E-state index contributed by atoms with van der Waals surface area (Å²) in [6.07, 6.45) is 0. The van der Waals surface area contributed by atoms with Crippen molar-refractivity contribution in [1.82, 2.24) is 0 Å². The molecule has 2 nitrogen and oxygen atoms in total. The normalized spacial score (nSPS) is 17.7. The highest BCUT2D eigenvalue weighted by Crippen LogP contribution is 2.36. The maximum Gasteiger partial charge on any atom is 0.196 e. The van der Waals surface area contributed by atoms with Crippen LogP contribution in [0.1, 0.15) is 17.2 Å². The van der Waals surface area contributed by atoms with Crippen molar-refractivity contribution >= 4 is 38.5 Å². The van der Waals surface area contributed by atoms with Crippen LogP contribution in [0.4, 0.5) is 5.69 Å². The first-order valence-electron chi connectivity index (χ1n) is 5.59. The summed E-state index contributed by atoms with van der Waals surface area (Å²) < 4.78 is 1.04. The van der Waals surface area contributed by atoms with Crippen molar-refractivity contribution in [2.75, 3.05) is 5.32 Å². The number of aliphatic imine (C=N–C) groups is 1. The minimum atomic E-state index is -0.0487. The Morgan fingerprint density at radius 1 is 1.11 bits per heavy atom. The van der Waals surface area contributed by atoms with Crippen LogP contribution in [0.25, 0.3) is 0 Å². The Bertz CT molecular complexity index is 610. The van der Waals surface area contributed by atoms with Gasteiger partial charge in [0.15, 0.2) is 5.29 Å². The Kier molecular flexibility index (Phi) is 3.10. The first-order valence-corrected chi connectivity index (χ1v) is 6.76. The smallest absolute Gasteiger partial charge is 0.196 e. The van der Waals surface area contributed by atoms with Gasteiger partial charge in [0.25, 0.3) is 0 Å². The van der Waals surface area contributed by atoms with Gasteiger partial charge in [0, 0.05) is 15.7 Å². The molecular weight excluding hydrogens is 312 g/mol. The molecule has 0 saturated heterocycles. The Balaban J connectivity index is 2.14. The number of amidine groups is 1. The molecule has 2 aromatic rings. The highest BCUT2D eigenvalue weighted by atomic mass is 79.9. The third kappa shape index (κ3) is 2.16. The fraction of sp³-hybridized carbons (Fsp3) is 0.0714. The number of nitrogens with zero attached hydrogens (tertiary/aromatic N) is 1. The number of fused-ring (bicyclic) bond motifs is 1. The molecule has 1 aliphatic heterocycles. The molecule has 0 bridgehead atoms. The van der Waals surface area contributed by atoms with E-state index in [-0.39, 0.29) is 6.04 Å². The van der Waals surface area contributed by atoms with E-state index in [9.17, 15) is 0 Å². The van der Waals surface area contributed by atoms with Crippen LogP contribution in [-0.4, -0.2) is 5.29 Å². The standard InChI is InChI=1S/C14H10BrClN2/c15-10-6-7-12-11(8-10)13(18-14(16)17-12)9-4-2-1-3-5-9/h1-8,13H,(H,17,18). The number of rotatable bonds is 1. The fourth-order valence-corrected chi connectivity index (χ4v) is 2.67. The van der Waals surface area contributed by atoms with Crippen molar-refractivity contribution < 1.29 is 0 Å². The summed E-state index contributed by atoms with van der Waals surface area (Å²) in [7, 11) is 0. The fourth-order valence-electron chi connectivity index (χ4n) is 2.09. The molecule has 1 heterocycles. The number of anilines is 1. The second-order valence-corrected chi connectivity index (χ2v) is 5.36. The number of nitrogens with one attached hydrogen (secondary N) is 1. The van der Waals surface area contributed by atoms with Crippen LogP contribution in [0.3, 0.4) is 0 Å². The second-order valence-electron chi connectivity index (χ2n) is 4.09. The molecule has 0 fully saturated rings. The summed E-state index contributed by atoms with van der Waals surface area (Å²) in [6.45, 7) is 0. The third-order valence-electron chi connectivity index (χ3n) is 2.90. The van der Waals surface area contributed by atoms with Gasteiger partial charge in [0.05, 0.1) is 0 Å². The largest absolute Gasteiger partial charge is 0.330 e. The molecule has 0 spiro atoms. The predicted molar refractivity (Wildman–Crippen MR) is 79.3 cm³/mol.